The van der Waals surface area contributed by atoms with Crippen molar-refractivity contribution in [2.24, 2.45) is 0 Å². The average Bonchev–Trinajstić information content (AvgIpc) is 2.74. The number of hydrogen-bond donors (Lipinski definition) is 0. The predicted octanol–water partition coefficient (Wildman–Crippen LogP) is 4.99. The standard InChI is InChI=1S/C22H21F3O5/c1-2-20(26)29-12-6-4-3-5-11-28-16-9-7-15(8-10-16)22(27)30-17-13-18(23)21(25)19(24)14-17/h2,7-10,13-14H,1,3-6,11-12H2. The second-order valence-electron chi connectivity index (χ2n) is 6.25. The molecule has 0 fully saturated rings. The number of rotatable bonds is 11. The summed E-state index contributed by atoms with van der Waals surface area (Å²) in [6.07, 6.45) is 4.49. The van der Waals surface area contributed by atoms with Gasteiger partial charge in [0, 0.05) is 18.2 Å². The molecule has 0 aliphatic rings. The molecule has 0 heterocycles. The van der Waals surface area contributed by atoms with Crippen molar-refractivity contribution >= 4 is 11.9 Å². The molecule has 0 spiro atoms. The van der Waals surface area contributed by atoms with Gasteiger partial charge in [0.1, 0.15) is 11.5 Å². The fourth-order valence-electron chi connectivity index (χ4n) is 2.42. The lowest BCUT2D eigenvalue weighted by Crippen LogP contribution is -2.09. The van der Waals surface area contributed by atoms with Gasteiger partial charge < -0.3 is 14.2 Å². The summed E-state index contributed by atoms with van der Waals surface area (Å²) in [5.41, 5.74) is 0.140. The fraction of sp³-hybridized carbons (Fsp3) is 0.273. The van der Waals surface area contributed by atoms with Gasteiger partial charge in [-0.05, 0) is 49.9 Å². The van der Waals surface area contributed by atoms with Crippen molar-refractivity contribution in [1.29, 1.82) is 0 Å². The number of benzene rings is 2. The maximum Gasteiger partial charge on any atom is 0.343 e. The van der Waals surface area contributed by atoms with Crippen LogP contribution in [0.15, 0.2) is 49.1 Å². The summed E-state index contributed by atoms with van der Waals surface area (Å²) in [5.74, 6) is -5.68. The largest absolute Gasteiger partial charge is 0.494 e. The molecular weight excluding hydrogens is 401 g/mol. The molecule has 0 bridgehead atoms. The van der Waals surface area contributed by atoms with E-state index in [0.29, 0.717) is 31.1 Å². The van der Waals surface area contributed by atoms with Crippen molar-refractivity contribution in [2.45, 2.75) is 25.7 Å². The second-order valence-corrected chi connectivity index (χ2v) is 6.25. The zero-order valence-corrected chi connectivity index (χ0v) is 16.2. The highest BCUT2D eigenvalue weighted by Crippen LogP contribution is 2.21. The molecule has 8 heteroatoms. The van der Waals surface area contributed by atoms with E-state index in [0.717, 1.165) is 31.8 Å². The molecule has 0 amide bonds. The topological polar surface area (TPSA) is 61.8 Å². The van der Waals surface area contributed by atoms with Crippen LogP contribution in [0.3, 0.4) is 0 Å². The Bertz CT molecular complexity index is 858. The summed E-state index contributed by atoms with van der Waals surface area (Å²) in [6, 6.07) is 7.21. The first-order valence-corrected chi connectivity index (χ1v) is 9.29. The zero-order valence-electron chi connectivity index (χ0n) is 16.2. The Morgan fingerprint density at radius 2 is 1.47 bits per heavy atom. The molecule has 30 heavy (non-hydrogen) atoms. The molecule has 0 unspecified atom stereocenters. The Balaban J connectivity index is 1.71. The number of unbranched alkanes of at least 4 members (excludes halogenated alkanes) is 3. The maximum atomic E-state index is 13.2. The first-order chi connectivity index (χ1) is 14.4. The lowest BCUT2D eigenvalue weighted by atomic mass is 10.2. The van der Waals surface area contributed by atoms with Gasteiger partial charge in [0.15, 0.2) is 17.5 Å². The van der Waals surface area contributed by atoms with Gasteiger partial charge in [-0.25, -0.2) is 22.8 Å². The van der Waals surface area contributed by atoms with E-state index >= 15 is 0 Å². The van der Waals surface area contributed by atoms with Crippen LogP contribution in [0.5, 0.6) is 11.5 Å². The second kappa shape index (κ2) is 11.6. The van der Waals surface area contributed by atoms with Crippen molar-refractivity contribution in [2.75, 3.05) is 13.2 Å². The summed E-state index contributed by atoms with van der Waals surface area (Å²) in [5, 5.41) is 0. The van der Waals surface area contributed by atoms with Crippen LogP contribution in [0.4, 0.5) is 13.2 Å². The van der Waals surface area contributed by atoms with Crippen LogP contribution in [-0.4, -0.2) is 25.2 Å². The molecule has 0 aliphatic heterocycles. The molecule has 2 aromatic rings. The summed E-state index contributed by atoms with van der Waals surface area (Å²) >= 11 is 0. The van der Waals surface area contributed by atoms with E-state index < -0.39 is 35.1 Å². The molecular formula is C22H21F3O5. The summed E-state index contributed by atoms with van der Waals surface area (Å²) < 4.78 is 54.6. The monoisotopic (exact) mass is 422 g/mol. The maximum absolute atomic E-state index is 13.2. The van der Waals surface area contributed by atoms with Crippen molar-refractivity contribution in [1.82, 2.24) is 0 Å². The molecule has 0 saturated carbocycles. The average molecular weight is 422 g/mol. The van der Waals surface area contributed by atoms with Crippen molar-refractivity contribution in [3.63, 3.8) is 0 Å². The summed E-state index contributed by atoms with van der Waals surface area (Å²) in [6.45, 7) is 4.15. The Kier molecular flexibility index (Phi) is 8.93. The highest BCUT2D eigenvalue weighted by Gasteiger charge is 2.15. The molecule has 0 saturated heterocycles. The van der Waals surface area contributed by atoms with Crippen LogP contribution in [-0.2, 0) is 9.53 Å². The van der Waals surface area contributed by atoms with Crippen LogP contribution >= 0.6 is 0 Å². The van der Waals surface area contributed by atoms with E-state index in [9.17, 15) is 22.8 Å². The van der Waals surface area contributed by atoms with Gasteiger partial charge in [0.2, 0.25) is 0 Å². The smallest absolute Gasteiger partial charge is 0.343 e. The normalized spacial score (nSPS) is 10.4. The first-order valence-electron chi connectivity index (χ1n) is 9.29. The fourth-order valence-corrected chi connectivity index (χ4v) is 2.42. The minimum absolute atomic E-state index is 0.140. The molecule has 160 valence electrons. The van der Waals surface area contributed by atoms with Gasteiger partial charge in [0.25, 0.3) is 0 Å². The van der Waals surface area contributed by atoms with Gasteiger partial charge >= 0.3 is 11.9 Å². The van der Waals surface area contributed by atoms with Gasteiger partial charge in [-0.15, -0.1) is 0 Å². The predicted molar refractivity (Wildman–Crippen MR) is 103 cm³/mol. The molecule has 0 N–H and O–H groups in total. The van der Waals surface area contributed by atoms with Gasteiger partial charge in [-0.1, -0.05) is 6.58 Å². The Labute approximate surface area is 172 Å². The van der Waals surface area contributed by atoms with Crippen LogP contribution in [0.2, 0.25) is 0 Å². The molecule has 0 radical (unpaired) electrons. The lowest BCUT2D eigenvalue weighted by Gasteiger charge is -2.08. The van der Waals surface area contributed by atoms with E-state index in [4.69, 9.17) is 14.2 Å². The SMILES string of the molecule is C=CC(=O)OCCCCCCOc1ccc(C(=O)Oc2cc(F)c(F)c(F)c2)cc1. The first kappa shape index (κ1) is 23.0. The Hall–Kier alpha value is -3.29. The number of carbonyl (C=O) groups is 2. The number of ether oxygens (including phenoxy) is 3. The molecule has 5 nitrogen and oxygen atoms in total. The zero-order chi connectivity index (χ0) is 21.9. The van der Waals surface area contributed by atoms with Gasteiger partial charge in [-0.3, -0.25) is 0 Å². The van der Waals surface area contributed by atoms with Crippen molar-refractivity contribution in [3.8, 4) is 11.5 Å². The van der Waals surface area contributed by atoms with E-state index in [-0.39, 0.29) is 5.56 Å². The van der Waals surface area contributed by atoms with E-state index in [1.54, 1.807) is 12.1 Å². The van der Waals surface area contributed by atoms with Gasteiger partial charge in [-0.2, -0.15) is 0 Å². The third kappa shape index (κ3) is 7.27. The molecule has 2 aromatic carbocycles. The lowest BCUT2D eigenvalue weighted by molar-refractivity contribution is -0.137. The third-order valence-corrected chi connectivity index (χ3v) is 3.98. The third-order valence-electron chi connectivity index (χ3n) is 3.98. The Morgan fingerprint density at radius 1 is 0.867 bits per heavy atom. The number of hydrogen-bond acceptors (Lipinski definition) is 5. The molecule has 0 aromatic heterocycles. The Morgan fingerprint density at radius 3 is 2.07 bits per heavy atom. The number of carbonyl (C=O) groups excluding carboxylic acids is 2. The number of esters is 2. The van der Waals surface area contributed by atoms with E-state index in [2.05, 4.69) is 6.58 Å². The highest BCUT2D eigenvalue weighted by atomic mass is 19.2. The minimum Gasteiger partial charge on any atom is -0.494 e. The van der Waals surface area contributed by atoms with Crippen molar-refractivity contribution in [3.05, 3.63) is 72.1 Å². The highest BCUT2D eigenvalue weighted by molar-refractivity contribution is 5.91. The van der Waals surface area contributed by atoms with Crippen LogP contribution in [0.25, 0.3) is 0 Å². The van der Waals surface area contributed by atoms with Crippen molar-refractivity contribution < 1.29 is 37.0 Å². The molecule has 0 atom stereocenters. The summed E-state index contributed by atoms with van der Waals surface area (Å²) in [4.78, 5) is 22.9. The van der Waals surface area contributed by atoms with Crippen LogP contribution < -0.4 is 9.47 Å². The molecule has 0 aliphatic carbocycles. The van der Waals surface area contributed by atoms with Crippen LogP contribution in [0, 0.1) is 17.5 Å². The number of halogens is 3. The quantitative estimate of drug-likeness (QED) is 0.168. The van der Waals surface area contributed by atoms with Crippen LogP contribution in [0.1, 0.15) is 36.0 Å². The van der Waals surface area contributed by atoms with E-state index in [1.165, 1.54) is 12.1 Å². The minimum atomic E-state index is -1.63. The van der Waals surface area contributed by atoms with Gasteiger partial charge in [0.05, 0.1) is 18.8 Å². The molecule has 2 rings (SSSR count). The van der Waals surface area contributed by atoms with E-state index in [1.807, 2.05) is 0 Å². The summed E-state index contributed by atoms with van der Waals surface area (Å²) in [7, 11) is 0.